The molecule has 0 aliphatic carbocycles. The highest BCUT2D eigenvalue weighted by Gasteiger charge is 2.16. The molecule has 6 nitrogen and oxygen atoms in total. The maximum Gasteiger partial charge on any atom is 0.326 e. The molecule has 94 valence electrons. The zero-order valence-electron chi connectivity index (χ0n) is 10.4. The Morgan fingerprint density at radius 1 is 1.24 bits per heavy atom. The first-order chi connectivity index (χ1) is 8.12. The number of hydrogen-bond acceptors (Lipinski definition) is 5. The summed E-state index contributed by atoms with van der Waals surface area (Å²) in [5.74, 6) is -0.623. The molecule has 0 saturated carbocycles. The lowest BCUT2D eigenvalue weighted by atomic mass is 10.2. The van der Waals surface area contributed by atoms with E-state index in [-0.39, 0.29) is 5.95 Å². The minimum absolute atomic E-state index is 0.285. The summed E-state index contributed by atoms with van der Waals surface area (Å²) in [5, 5.41) is 19.6. The molecule has 0 bridgehead atoms. The number of nitrogens with one attached hydrogen (secondary N) is 1. The molecule has 1 heterocycles. The average molecular weight is 238 g/mol. The summed E-state index contributed by atoms with van der Waals surface area (Å²) in [4.78, 5) is 15.2. The topological polar surface area (TPSA) is 88.0 Å². The third-order valence-corrected chi connectivity index (χ3v) is 2.52. The molecular formula is C11H18N4O2. The largest absolute Gasteiger partial charge is 0.480 e. The van der Waals surface area contributed by atoms with Crippen molar-refractivity contribution < 1.29 is 9.90 Å². The Hall–Kier alpha value is -1.72. The second kappa shape index (κ2) is 6.12. The van der Waals surface area contributed by atoms with Crippen LogP contribution in [0, 0.1) is 0 Å². The molecule has 1 unspecified atom stereocenters. The van der Waals surface area contributed by atoms with Crippen LogP contribution in [0.15, 0.2) is 0 Å². The lowest BCUT2D eigenvalue weighted by Gasteiger charge is -2.12. The number of rotatable bonds is 6. The van der Waals surface area contributed by atoms with Gasteiger partial charge in [0.2, 0.25) is 5.95 Å². The molecule has 0 fully saturated rings. The quantitative estimate of drug-likeness (QED) is 0.776. The molecule has 17 heavy (non-hydrogen) atoms. The van der Waals surface area contributed by atoms with Gasteiger partial charge >= 0.3 is 5.97 Å². The van der Waals surface area contributed by atoms with E-state index in [2.05, 4.69) is 20.5 Å². The van der Waals surface area contributed by atoms with E-state index in [1.807, 2.05) is 13.8 Å². The van der Waals surface area contributed by atoms with Crippen LogP contribution in [0.25, 0.3) is 0 Å². The predicted molar refractivity (Wildman–Crippen MR) is 63.9 cm³/mol. The van der Waals surface area contributed by atoms with Crippen molar-refractivity contribution in [2.75, 3.05) is 5.32 Å². The Morgan fingerprint density at radius 2 is 1.88 bits per heavy atom. The Morgan fingerprint density at radius 3 is 2.35 bits per heavy atom. The van der Waals surface area contributed by atoms with Crippen molar-refractivity contribution in [1.29, 1.82) is 0 Å². The molecule has 0 amide bonds. The minimum atomic E-state index is -0.909. The first kappa shape index (κ1) is 13.3. The van der Waals surface area contributed by atoms with Crippen molar-refractivity contribution in [3.63, 3.8) is 0 Å². The van der Waals surface area contributed by atoms with Crippen LogP contribution in [0.5, 0.6) is 0 Å². The number of nitrogens with zero attached hydrogens (tertiary/aromatic N) is 3. The van der Waals surface area contributed by atoms with Gasteiger partial charge in [0.25, 0.3) is 0 Å². The molecule has 0 aliphatic rings. The van der Waals surface area contributed by atoms with Crippen molar-refractivity contribution in [3.05, 3.63) is 11.4 Å². The number of carboxylic acids is 1. The summed E-state index contributed by atoms with van der Waals surface area (Å²) in [5.41, 5.74) is 1.73. The summed E-state index contributed by atoms with van der Waals surface area (Å²) in [6, 6.07) is -0.672. The van der Waals surface area contributed by atoms with Gasteiger partial charge in [0.05, 0.1) is 11.4 Å². The SMILES string of the molecule is CCc1nnc(NC(CC)C(=O)O)nc1CC. The molecule has 0 aliphatic heterocycles. The van der Waals surface area contributed by atoms with E-state index in [4.69, 9.17) is 5.11 Å². The molecule has 0 spiro atoms. The van der Waals surface area contributed by atoms with Gasteiger partial charge in [-0.3, -0.25) is 0 Å². The summed E-state index contributed by atoms with van der Waals surface area (Å²) in [7, 11) is 0. The number of aryl methyl sites for hydroxylation is 2. The molecule has 1 rings (SSSR count). The van der Waals surface area contributed by atoms with Crippen molar-refractivity contribution in [1.82, 2.24) is 15.2 Å². The lowest BCUT2D eigenvalue weighted by Crippen LogP contribution is -2.29. The Bertz CT molecular complexity index is 395. The molecule has 0 aromatic carbocycles. The van der Waals surface area contributed by atoms with E-state index < -0.39 is 12.0 Å². The van der Waals surface area contributed by atoms with Crippen LogP contribution >= 0.6 is 0 Å². The molecule has 6 heteroatoms. The molecular weight excluding hydrogens is 220 g/mol. The highest BCUT2D eigenvalue weighted by atomic mass is 16.4. The van der Waals surface area contributed by atoms with E-state index in [0.29, 0.717) is 6.42 Å². The van der Waals surface area contributed by atoms with Gasteiger partial charge < -0.3 is 10.4 Å². The van der Waals surface area contributed by atoms with Crippen LogP contribution < -0.4 is 5.32 Å². The van der Waals surface area contributed by atoms with Crippen LogP contribution in [0.4, 0.5) is 5.95 Å². The van der Waals surface area contributed by atoms with E-state index in [1.54, 1.807) is 6.92 Å². The molecule has 2 N–H and O–H groups in total. The maximum atomic E-state index is 10.9. The van der Waals surface area contributed by atoms with Gasteiger partial charge in [-0.05, 0) is 19.3 Å². The maximum absolute atomic E-state index is 10.9. The smallest absolute Gasteiger partial charge is 0.326 e. The number of carbonyl (C=O) groups is 1. The Balaban J connectivity index is 2.88. The lowest BCUT2D eigenvalue weighted by molar-refractivity contribution is -0.138. The van der Waals surface area contributed by atoms with Gasteiger partial charge in [0.1, 0.15) is 6.04 Å². The molecule has 0 saturated heterocycles. The third-order valence-electron chi connectivity index (χ3n) is 2.52. The van der Waals surface area contributed by atoms with E-state index >= 15 is 0 Å². The highest BCUT2D eigenvalue weighted by Crippen LogP contribution is 2.08. The monoisotopic (exact) mass is 238 g/mol. The highest BCUT2D eigenvalue weighted by molar-refractivity contribution is 5.76. The second-order valence-electron chi connectivity index (χ2n) is 3.68. The Labute approximate surface area is 100 Å². The molecule has 1 aromatic rings. The molecule has 1 atom stereocenters. The Kier molecular flexibility index (Phi) is 4.81. The van der Waals surface area contributed by atoms with Crippen molar-refractivity contribution in [2.24, 2.45) is 0 Å². The first-order valence-corrected chi connectivity index (χ1v) is 5.84. The summed E-state index contributed by atoms with van der Waals surface area (Å²) >= 11 is 0. The van der Waals surface area contributed by atoms with Gasteiger partial charge in [-0.25, -0.2) is 9.78 Å². The van der Waals surface area contributed by atoms with Gasteiger partial charge in [-0.1, -0.05) is 20.8 Å². The van der Waals surface area contributed by atoms with Crippen LogP contribution in [-0.2, 0) is 17.6 Å². The van der Waals surface area contributed by atoms with Crippen LogP contribution in [0.1, 0.15) is 38.6 Å². The standard InChI is InChI=1S/C11H18N4O2/c1-4-7-8(5-2)14-15-11(12-7)13-9(6-3)10(16)17/h9H,4-6H2,1-3H3,(H,16,17)(H,12,13,15). The van der Waals surface area contributed by atoms with Gasteiger partial charge in [-0.15, -0.1) is 5.10 Å². The minimum Gasteiger partial charge on any atom is -0.480 e. The van der Waals surface area contributed by atoms with E-state index in [9.17, 15) is 4.79 Å². The second-order valence-corrected chi connectivity index (χ2v) is 3.68. The van der Waals surface area contributed by atoms with Crippen molar-refractivity contribution >= 4 is 11.9 Å². The normalized spacial score (nSPS) is 12.2. The number of aromatic nitrogens is 3. The van der Waals surface area contributed by atoms with Crippen LogP contribution in [0.3, 0.4) is 0 Å². The third kappa shape index (κ3) is 3.37. The fraction of sp³-hybridized carbons (Fsp3) is 0.636. The predicted octanol–water partition coefficient (Wildman–Crippen LogP) is 1.27. The van der Waals surface area contributed by atoms with Gasteiger partial charge in [0.15, 0.2) is 0 Å². The summed E-state index contributed by atoms with van der Waals surface area (Å²) in [6.07, 6.45) is 2.01. The fourth-order valence-electron chi connectivity index (χ4n) is 1.49. The van der Waals surface area contributed by atoms with E-state index in [1.165, 1.54) is 0 Å². The van der Waals surface area contributed by atoms with Gasteiger partial charge in [-0.2, -0.15) is 5.10 Å². The summed E-state index contributed by atoms with van der Waals surface area (Å²) in [6.45, 7) is 5.77. The number of aliphatic carboxylic acids is 1. The zero-order valence-corrected chi connectivity index (χ0v) is 10.4. The fourth-order valence-corrected chi connectivity index (χ4v) is 1.49. The van der Waals surface area contributed by atoms with Crippen LogP contribution in [0.2, 0.25) is 0 Å². The van der Waals surface area contributed by atoms with Crippen molar-refractivity contribution in [2.45, 2.75) is 46.1 Å². The van der Waals surface area contributed by atoms with E-state index in [0.717, 1.165) is 24.2 Å². The summed E-state index contributed by atoms with van der Waals surface area (Å²) < 4.78 is 0. The first-order valence-electron chi connectivity index (χ1n) is 5.84. The number of hydrogen-bond donors (Lipinski definition) is 2. The average Bonchev–Trinajstić information content (AvgIpc) is 2.35. The zero-order chi connectivity index (χ0) is 12.8. The van der Waals surface area contributed by atoms with Crippen molar-refractivity contribution in [3.8, 4) is 0 Å². The number of carboxylic acid groups (broad SMARTS) is 1. The molecule has 0 radical (unpaired) electrons. The van der Waals surface area contributed by atoms with Crippen LogP contribution in [-0.4, -0.2) is 32.3 Å². The molecule has 1 aromatic heterocycles. The number of anilines is 1. The van der Waals surface area contributed by atoms with Gasteiger partial charge in [0, 0.05) is 0 Å².